The molecule has 0 amide bonds. The quantitative estimate of drug-likeness (QED) is 0.420. The van der Waals surface area contributed by atoms with Gasteiger partial charge in [0.2, 0.25) is 6.10 Å². The molecule has 0 spiro atoms. The van der Waals surface area contributed by atoms with Crippen molar-refractivity contribution in [2.75, 3.05) is 6.61 Å². The summed E-state index contributed by atoms with van der Waals surface area (Å²) in [4.78, 5) is 24.2. The van der Waals surface area contributed by atoms with Gasteiger partial charge in [0.05, 0.1) is 12.2 Å². The fourth-order valence-electron chi connectivity index (χ4n) is 2.60. The molecule has 1 atom stereocenters. The molecular weight excluding hydrogens is 316 g/mol. The van der Waals surface area contributed by atoms with Gasteiger partial charge in [-0.1, -0.05) is 58.6 Å². The molecule has 1 unspecified atom stereocenters. The Morgan fingerprint density at radius 2 is 1.60 bits per heavy atom. The van der Waals surface area contributed by atoms with E-state index < -0.39 is 18.0 Å². The van der Waals surface area contributed by atoms with Crippen LogP contribution in [0, 0.1) is 5.92 Å². The number of rotatable bonds is 11. The summed E-state index contributed by atoms with van der Waals surface area (Å²) < 4.78 is 10.3. The van der Waals surface area contributed by atoms with Crippen molar-refractivity contribution in [1.82, 2.24) is 0 Å². The zero-order valence-corrected chi connectivity index (χ0v) is 16.0. The molecule has 1 rings (SSSR count). The number of benzene rings is 1. The third-order valence-corrected chi connectivity index (χ3v) is 4.12. The van der Waals surface area contributed by atoms with Crippen LogP contribution >= 0.6 is 0 Å². The highest BCUT2D eigenvalue weighted by Crippen LogP contribution is 2.15. The number of unbranched alkanes of at least 4 members (excludes halogenated alkanes) is 4. The van der Waals surface area contributed by atoms with Crippen molar-refractivity contribution in [3.63, 3.8) is 0 Å². The number of aryl methyl sites for hydroxylation is 1. The standard InChI is InChI=1S/C21H32O4/c1-5-7-8-9-10-11-17-12-14-18(15-13-17)20(22)25-19(16(3)4)21(23)24-6-2/h12-16,19H,5-11H2,1-4H3. The van der Waals surface area contributed by atoms with Gasteiger partial charge < -0.3 is 9.47 Å². The largest absolute Gasteiger partial charge is 0.463 e. The van der Waals surface area contributed by atoms with Crippen LogP contribution in [0.5, 0.6) is 0 Å². The second-order valence-corrected chi connectivity index (χ2v) is 6.68. The first-order valence-corrected chi connectivity index (χ1v) is 9.46. The number of hydrogen-bond donors (Lipinski definition) is 0. The van der Waals surface area contributed by atoms with Crippen LogP contribution in [0.25, 0.3) is 0 Å². The van der Waals surface area contributed by atoms with E-state index in [2.05, 4.69) is 6.92 Å². The Bertz CT molecular complexity index is 519. The lowest BCUT2D eigenvalue weighted by molar-refractivity contribution is -0.155. The van der Waals surface area contributed by atoms with Gasteiger partial charge in [-0.05, 0) is 37.5 Å². The molecule has 0 aliphatic carbocycles. The van der Waals surface area contributed by atoms with Gasteiger partial charge in [0, 0.05) is 5.92 Å². The van der Waals surface area contributed by atoms with Crippen LogP contribution in [-0.2, 0) is 20.7 Å². The molecule has 1 aromatic carbocycles. The highest BCUT2D eigenvalue weighted by Gasteiger charge is 2.28. The van der Waals surface area contributed by atoms with Crippen molar-refractivity contribution in [3.05, 3.63) is 35.4 Å². The van der Waals surface area contributed by atoms with Crippen molar-refractivity contribution in [3.8, 4) is 0 Å². The van der Waals surface area contributed by atoms with Crippen LogP contribution in [0.15, 0.2) is 24.3 Å². The van der Waals surface area contributed by atoms with E-state index in [9.17, 15) is 9.59 Å². The maximum atomic E-state index is 12.3. The minimum atomic E-state index is -0.870. The van der Waals surface area contributed by atoms with E-state index in [0.29, 0.717) is 5.56 Å². The predicted octanol–water partition coefficient (Wildman–Crippen LogP) is 4.94. The van der Waals surface area contributed by atoms with Crippen molar-refractivity contribution in [1.29, 1.82) is 0 Å². The molecule has 0 saturated carbocycles. The number of ether oxygens (including phenoxy) is 2. The Balaban J connectivity index is 2.56. The second-order valence-electron chi connectivity index (χ2n) is 6.68. The maximum absolute atomic E-state index is 12.3. The molecule has 0 heterocycles. The van der Waals surface area contributed by atoms with Gasteiger partial charge in [0.25, 0.3) is 0 Å². The number of hydrogen-bond acceptors (Lipinski definition) is 4. The average molecular weight is 348 g/mol. The third kappa shape index (κ3) is 7.72. The Kier molecular flexibility index (Phi) is 9.90. The highest BCUT2D eigenvalue weighted by atomic mass is 16.6. The number of carbonyl (C=O) groups excluding carboxylic acids is 2. The molecule has 140 valence electrons. The predicted molar refractivity (Wildman–Crippen MR) is 99.6 cm³/mol. The van der Waals surface area contributed by atoms with Crippen molar-refractivity contribution in [2.45, 2.75) is 72.3 Å². The zero-order chi connectivity index (χ0) is 18.7. The normalized spacial score (nSPS) is 12.0. The van der Waals surface area contributed by atoms with Gasteiger partial charge in [0.1, 0.15) is 0 Å². The molecule has 4 nitrogen and oxygen atoms in total. The number of esters is 2. The Labute approximate surface area is 151 Å². The van der Waals surface area contributed by atoms with E-state index >= 15 is 0 Å². The lowest BCUT2D eigenvalue weighted by atomic mass is 10.0. The van der Waals surface area contributed by atoms with E-state index in [4.69, 9.17) is 9.47 Å². The molecule has 0 aromatic heterocycles. The van der Waals surface area contributed by atoms with Gasteiger partial charge in [-0.3, -0.25) is 0 Å². The van der Waals surface area contributed by atoms with E-state index in [1.807, 2.05) is 26.0 Å². The first-order chi connectivity index (χ1) is 12.0. The monoisotopic (exact) mass is 348 g/mol. The van der Waals surface area contributed by atoms with Crippen molar-refractivity contribution in [2.24, 2.45) is 5.92 Å². The van der Waals surface area contributed by atoms with Crippen LogP contribution in [0.2, 0.25) is 0 Å². The molecule has 0 N–H and O–H groups in total. The van der Waals surface area contributed by atoms with E-state index in [1.54, 1.807) is 19.1 Å². The molecular formula is C21H32O4. The second kappa shape index (κ2) is 11.7. The topological polar surface area (TPSA) is 52.6 Å². The number of carbonyl (C=O) groups is 2. The first kappa shape index (κ1) is 21.2. The smallest absolute Gasteiger partial charge is 0.347 e. The lowest BCUT2D eigenvalue weighted by Gasteiger charge is -2.19. The van der Waals surface area contributed by atoms with Crippen molar-refractivity contribution >= 4 is 11.9 Å². The van der Waals surface area contributed by atoms with Crippen LogP contribution in [0.4, 0.5) is 0 Å². The lowest BCUT2D eigenvalue weighted by Crippen LogP contribution is -2.33. The van der Waals surface area contributed by atoms with Crippen LogP contribution in [0.1, 0.15) is 75.7 Å². The molecule has 0 aliphatic rings. The minimum Gasteiger partial charge on any atom is -0.463 e. The molecule has 4 heteroatoms. The summed E-state index contributed by atoms with van der Waals surface area (Å²) in [7, 11) is 0. The van der Waals surface area contributed by atoms with Crippen molar-refractivity contribution < 1.29 is 19.1 Å². The Hall–Kier alpha value is -1.84. The molecule has 0 bridgehead atoms. The summed E-state index contributed by atoms with van der Waals surface area (Å²) in [5.74, 6) is -1.11. The summed E-state index contributed by atoms with van der Waals surface area (Å²) in [6, 6.07) is 7.47. The maximum Gasteiger partial charge on any atom is 0.347 e. The zero-order valence-electron chi connectivity index (χ0n) is 16.0. The third-order valence-electron chi connectivity index (χ3n) is 4.12. The fourth-order valence-corrected chi connectivity index (χ4v) is 2.60. The summed E-state index contributed by atoms with van der Waals surface area (Å²) >= 11 is 0. The fraction of sp³-hybridized carbons (Fsp3) is 0.619. The van der Waals surface area contributed by atoms with Gasteiger partial charge in [-0.15, -0.1) is 0 Å². The summed E-state index contributed by atoms with van der Waals surface area (Å²) in [6.07, 6.45) is 6.39. The Morgan fingerprint density at radius 1 is 0.960 bits per heavy atom. The minimum absolute atomic E-state index is 0.134. The average Bonchev–Trinajstić information content (AvgIpc) is 2.59. The summed E-state index contributed by atoms with van der Waals surface area (Å²) in [5.41, 5.74) is 1.68. The van der Waals surface area contributed by atoms with Crippen LogP contribution < -0.4 is 0 Å². The molecule has 1 aromatic rings. The highest BCUT2D eigenvalue weighted by molar-refractivity contribution is 5.91. The van der Waals surface area contributed by atoms with Gasteiger partial charge in [-0.2, -0.15) is 0 Å². The molecule has 0 fully saturated rings. The Morgan fingerprint density at radius 3 is 2.16 bits per heavy atom. The molecule has 0 aliphatic heterocycles. The molecule has 0 radical (unpaired) electrons. The molecule has 25 heavy (non-hydrogen) atoms. The molecule has 0 saturated heterocycles. The van der Waals surface area contributed by atoms with E-state index in [1.165, 1.54) is 37.7 Å². The first-order valence-electron chi connectivity index (χ1n) is 9.46. The van der Waals surface area contributed by atoms with Crippen LogP contribution in [-0.4, -0.2) is 24.6 Å². The van der Waals surface area contributed by atoms with Gasteiger partial charge in [0.15, 0.2) is 0 Å². The summed E-state index contributed by atoms with van der Waals surface area (Å²) in [6.45, 7) is 7.88. The SMILES string of the molecule is CCCCCCCc1ccc(C(=O)OC(C(=O)OCC)C(C)C)cc1. The van der Waals surface area contributed by atoms with E-state index in [-0.39, 0.29) is 12.5 Å². The van der Waals surface area contributed by atoms with Gasteiger partial charge >= 0.3 is 11.9 Å². The van der Waals surface area contributed by atoms with E-state index in [0.717, 1.165) is 6.42 Å². The van der Waals surface area contributed by atoms with Gasteiger partial charge in [-0.25, -0.2) is 9.59 Å². The summed E-state index contributed by atoms with van der Waals surface area (Å²) in [5, 5.41) is 0. The van der Waals surface area contributed by atoms with Crippen LogP contribution in [0.3, 0.4) is 0 Å².